The van der Waals surface area contributed by atoms with Crippen molar-refractivity contribution in [3.05, 3.63) is 35.1 Å². The zero-order valence-electron chi connectivity index (χ0n) is 11.0. The number of benzene rings is 1. The van der Waals surface area contributed by atoms with Gasteiger partial charge in [-0.15, -0.1) is 0 Å². The Hall–Kier alpha value is -1.83. The highest BCUT2D eigenvalue weighted by Crippen LogP contribution is 2.31. The number of ether oxygens (including phenoxy) is 1. The Labute approximate surface area is 118 Å². The van der Waals surface area contributed by atoms with E-state index >= 15 is 0 Å². The Morgan fingerprint density at radius 3 is 2.52 bits per heavy atom. The molecule has 116 valence electrons. The molecule has 0 bridgehead atoms. The average Bonchev–Trinajstić information content (AvgIpc) is 2.44. The molecule has 0 atom stereocenters. The fourth-order valence-corrected chi connectivity index (χ4v) is 1.96. The molecule has 21 heavy (non-hydrogen) atoms. The molecule has 1 aromatic carbocycles. The quantitative estimate of drug-likeness (QED) is 0.853. The summed E-state index contributed by atoms with van der Waals surface area (Å²) in [4.78, 5) is 13.2. The van der Waals surface area contributed by atoms with Crippen LogP contribution in [0.5, 0.6) is 0 Å². The third kappa shape index (κ3) is 4.07. The normalized spacial score (nSPS) is 15.9. The van der Waals surface area contributed by atoms with Crippen LogP contribution in [0.4, 0.5) is 22.4 Å². The van der Waals surface area contributed by atoms with E-state index in [2.05, 4.69) is 5.32 Å². The highest BCUT2D eigenvalue weighted by atomic mass is 19.4. The lowest BCUT2D eigenvalue weighted by molar-refractivity contribution is -0.140. The monoisotopic (exact) mass is 306 g/mol. The molecule has 8 heteroatoms. The van der Waals surface area contributed by atoms with Gasteiger partial charge in [0, 0.05) is 26.2 Å². The second-order valence-electron chi connectivity index (χ2n) is 4.60. The second-order valence-corrected chi connectivity index (χ2v) is 4.60. The first-order valence-corrected chi connectivity index (χ1v) is 6.36. The predicted octanol–water partition coefficient (Wildman–Crippen LogP) is 2.39. The maximum absolute atomic E-state index is 13.3. The van der Waals surface area contributed by atoms with Crippen molar-refractivity contribution in [3.63, 3.8) is 0 Å². The molecule has 1 N–H and O–H groups in total. The van der Waals surface area contributed by atoms with E-state index in [1.807, 2.05) is 0 Å². The zero-order chi connectivity index (χ0) is 15.5. The van der Waals surface area contributed by atoms with Gasteiger partial charge in [0.2, 0.25) is 0 Å². The zero-order valence-corrected chi connectivity index (χ0v) is 11.0. The first-order chi connectivity index (χ1) is 9.88. The third-order valence-electron chi connectivity index (χ3n) is 3.08. The number of piperazine rings is 1. The molecule has 0 saturated carbocycles. The van der Waals surface area contributed by atoms with Crippen molar-refractivity contribution in [1.29, 1.82) is 0 Å². The van der Waals surface area contributed by atoms with Crippen LogP contribution in [0, 0.1) is 5.82 Å². The topological polar surface area (TPSA) is 41.6 Å². The number of hydrogen-bond acceptors (Lipinski definition) is 3. The van der Waals surface area contributed by atoms with Crippen molar-refractivity contribution in [2.45, 2.75) is 12.8 Å². The molecule has 1 amide bonds. The molecule has 4 nitrogen and oxygen atoms in total. The summed E-state index contributed by atoms with van der Waals surface area (Å²) >= 11 is 0. The van der Waals surface area contributed by atoms with Gasteiger partial charge in [-0.1, -0.05) is 6.07 Å². The van der Waals surface area contributed by atoms with Gasteiger partial charge in [0.1, 0.15) is 12.4 Å². The third-order valence-corrected chi connectivity index (χ3v) is 3.08. The van der Waals surface area contributed by atoms with E-state index in [0.717, 1.165) is 12.1 Å². The van der Waals surface area contributed by atoms with Crippen molar-refractivity contribution in [2.75, 3.05) is 26.2 Å². The number of hydrogen-bond donors (Lipinski definition) is 1. The second kappa shape index (κ2) is 6.30. The molecule has 0 unspecified atom stereocenters. The van der Waals surface area contributed by atoms with E-state index in [1.54, 1.807) is 0 Å². The lowest BCUT2D eigenvalue weighted by atomic mass is 10.1. The highest BCUT2D eigenvalue weighted by molar-refractivity contribution is 5.67. The van der Waals surface area contributed by atoms with Crippen LogP contribution >= 0.6 is 0 Å². The number of nitrogens with one attached hydrogen (secondary N) is 1. The van der Waals surface area contributed by atoms with Crippen molar-refractivity contribution in [3.8, 4) is 0 Å². The summed E-state index contributed by atoms with van der Waals surface area (Å²) in [7, 11) is 0. The number of nitrogens with zero attached hydrogens (tertiary/aromatic N) is 1. The first kappa shape index (κ1) is 15.6. The van der Waals surface area contributed by atoms with Gasteiger partial charge in [-0.25, -0.2) is 9.18 Å². The molecule has 1 saturated heterocycles. The van der Waals surface area contributed by atoms with Crippen molar-refractivity contribution in [2.24, 2.45) is 0 Å². The predicted molar refractivity (Wildman–Crippen MR) is 66.0 cm³/mol. The van der Waals surface area contributed by atoms with Gasteiger partial charge in [0.25, 0.3) is 0 Å². The van der Waals surface area contributed by atoms with Crippen molar-refractivity contribution >= 4 is 6.09 Å². The van der Waals surface area contributed by atoms with Crippen LogP contribution in [0.25, 0.3) is 0 Å². The van der Waals surface area contributed by atoms with E-state index in [1.165, 1.54) is 4.90 Å². The minimum atomic E-state index is -4.74. The first-order valence-electron chi connectivity index (χ1n) is 6.36. The Morgan fingerprint density at radius 2 is 1.95 bits per heavy atom. The van der Waals surface area contributed by atoms with Gasteiger partial charge >= 0.3 is 12.3 Å². The number of carbonyl (C=O) groups excluding carboxylic acids is 1. The van der Waals surface area contributed by atoms with Gasteiger partial charge < -0.3 is 15.0 Å². The molecule has 0 spiro atoms. The molecule has 1 heterocycles. The summed E-state index contributed by atoms with van der Waals surface area (Å²) in [5, 5.41) is 3.07. The molecule has 1 fully saturated rings. The van der Waals surface area contributed by atoms with E-state index in [4.69, 9.17) is 4.74 Å². The Morgan fingerprint density at radius 1 is 1.29 bits per heavy atom. The summed E-state index contributed by atoms with van der Waals surface area (Å²) in [6.45, 7) is 2.05. The molecular formula is C13H14F4N2O2. The molecule has 2 rings (SSSR count). The molecular weight excluding hydrogens is 292 g/mol. The lowest BCUT2D eigenvalue weighted by Gasteiger charge is -2.26. The van der Waals surface area contributed by atoms with Gasteiger partial charge in [-0.05, 0) is 17.7 Å². The van der Waals surface area contributed by atoms with Gasteiger partial charge in [-0.2, -0.15) is 13.2 Å². The summed E-state index contributed by atoms with van der Waals surface area (Å²) in [6, 6.07) is 2.47. The fraction of sp³-hybridized carbons (Fsp3) is 0.462. The van der Waals surface area contributed by atoms with Crippen LogP contribution in [0.1, 0.15) is 11.1 Å². The van der Waals surface area contributed by atoms with Gasteiger partial charge in [0.05, 0.1) is 5.56 Å². The number of amides is 1. The standard InChI is InChI=1S/C13H14F4N2O2/c14-11-7-9(1-2-10(11)13(15,16)17)8-21-12(20)19-5-3-18-4-6-19/h1-2,7,18H,3-6,8H2. The Kier molecular flexibility index (Phi) is 4.66. The number of alkyl halides is 3. The van der Waals surface area contributed by atoms with Crippen molar-refractivity contribution in [1.82, 2.24) is 10.2 Å². The summed E-state index contributed by atoms with van der Waals surface area (Å²) in [5.74, 6) is -1.38. The summed E-state index contributed by atoms with van der Waals surface area (Å²) < 4.78 is 55.5. The minimum absolute atomic E-state index is 0.170. The molecule has 1 aromatic rings. The number of carbonyl (C=O) groups is 1. The Bertz CT molecular complexity index is 513. The maximum Gasteiger partial charge on any atom is 0.419 e. The molecule has 1 aliphatic heterocycles. The van der Waals surface area contributed by atoms with Gasteiger partial charge in [0.15, 0.2) is 0 Å². The number of halogens is 4. The van der Waals surface area contributed by atoms with Crippen LogP contribution in [-0.2, 0) is 17.5 Å². The van der Waals surface area contributed by atoms with Crippen LogP contribution < -0.4 is 5.32 Å². The highest BCUT2D eigenvalue weighted by Gasteiger charge is 2.33. The summed E-state index contributed by atoms with van der Waals surface area (Å²) in [5.41, 5.74) is -1.16. The van der Waals surface area contributed by atoms with Crippen LogP contribution in [0.3, 0.4) is 0 Å². The molecule has 0 aliphatic carbocycles. The molecule has 0 radical (unpaired) electrons. The van der Waals surface area contributed by atoms with Crippen LogP contribution in [0.15, 0.2) is 18.2 Å². The SMILES string of the molecule is O=C(OCc1ccc(C(F)(F)F)c(F)c1)N1CCNCC1. The van der Waals surface area contributed by atoms with Crippen LogP contribution in [-0.4, -0.2) is 37.2 Å². The maximum atomic E-state index is 13.3. The molecule has 0 aromatic heterocycles. The van der Waals surface area contributed by atoms with Crippen molar-refractivity contribution < 1.29 is 27.1 Å². The fourth-order valence-electron chi connectivity index (χ4n) is 1.96. The largest absolute Gasteiger partial charge is 0.445 e. The van der Waals surface area contributed by atoms with E-state index in [9.17, 15) is 22.4 Å². The molecule has 1 aliphatic rings. The number of rotatable bonds is 2. The smallest absolute Gasteiger partial charge is 0.419 e. The lowest BCUT2D eigenvalue weighted by Crippen LogP contribution is -2.46. The van der Waals surface area contributed by atoms with Crippen LogP contribution in [0.2, 0.25) is 0 Å². The summed E-state index contributed by atoms with van der Waals surface area (Å²) in [6.07, 6.45) is -5.29. The Balaban J connectivity index is 1.94. The van der Waals surface area contributed by atoms with E-state index < -0.39 is 23.7 Å². The average molecular weight is 306 g/mol. The van der Waals surface area contributed by atoms with Gasteiger partial charge in [-0.3, -0.25) is 0 Å². The minimum Gasteiger partial charge on any atom is -0.445 e. The van der Waals surface area contributed by atoms with E-state index in [0.29, 0.717) is 32.2 Å². The van der Waals surface area contributed by atoms with E-state index in [-0.39, 0.29) is 12.2 Å².